The van der Waals surface area contributed by atoms with Crippen LogP contribution in [0.25, 0.3) is 0 Å². The SMILES string of the molecule is O=C(NCC1CCN(C2CCCC2)CC1)C(=O)Nc1cccc(N2CCCC2=O)c1. The summed E-state index contributed by atoms with van der Waals surface area (Å²) in [5.41, 5.74) is 1.28. The first-order valence-corrected chi connectivity index (χ1v) is 11.3. The molecule has 7 nitrogen and oxygen atoms in total. The largest absolute Gasteiger partial charge is 0.348 e. The topological polar surface area (TPSA) is 81.8 Å². The Morgan fingerprint density at radius 3 is 2.43 bits per heavy atom. The van der Waals surface area contributed by atoms with Crippen molar-refractivity contribution in [2.24, 2.45) is 5.92 Å². The van der Waals surface area contributed by atoms with Crippen LogP contribution in [0.4, 0.5) is 11.4 Å². The lowest BCUT2D eigenvalue weighted by atomic mass is 9.95. The maximum absolute atomic E-state index is 12.3. The van der Waals surface area contributed by atoms with Crippen LogP contribution in [0.15, 0.2) is 24.3 Å². The van der Waals surface area contributed by atoms with Gasteiger partial charge in [-0.25, -0.2) is 0 Å². The van der Waals surface area contributed by atoms with E-state index in [1.54, 1.807) is 23.1 Å². The first kappa shape index (κ1) is 20.8. The van der Waals surface area contributed by atoms with Gasteiger partial charge in [0, 0.05) is 36.9 Å². The normalized spacial score (nSPS) is 21.2. The number of piperidine rings is 1. The molecule has 2 saturated heterocycles. The van der Waals surface area contributed by atoms with Gasteiger partial charge in [0.15, 0.2) is 0 Å². The average molecular weight is 413 g/mol. The summed E-state index contributed by atoms with van der Waals surface area (Å²) in [6.07, 6.45) is 8.91. The fraction of sp³-hybridized carbons (Fsp3) is 0.609. The van der Waals surface area contributed by atoms with Crippen molar-refractivity contribution in [3.8, 4) is 0 Å². The van der Waals surface area contributed by atoms with Gasteiger partial charge in [0.2, 0.25) is 5.91 Å². The molecule has 3 amide bonds. The second-order valence-corrected chi connectivity index (χ2v) is 8.78. The molecule has 0 spiro atoms. The summed E-state index contributed by atoms with van der Waals surface area (Å²) < 4.78 is 0. The third-order valence-corrected chi connectivity index (χ3v) is 6.74. The van der Waals surface area contributed by atoms with Crippen LogP contribution in [0, 0.1) is 5.92 Å². The molecule has 30 heavy (non-hydrogen) atoms. The Labute approximate surface area is 178 Å². The molecule has 0 unspecified atom stereocenters. The van der Waals surface area contributed by atoms with Crippen LogP contribution in [0.1, 0.15) is 51.4 Å². The Kier molecular flexibility index (Phi) is 6.67. The molecule has 0 atom stereocenters. The van der Waals surface area contributed by atoms with Crippen LogP contribution >= 0.6 is 0 Å². The number of anilines is 2. The quantitative estimate of drug-likeness (QED) is 0.728. The van der Waals surface area contributed by atoms with E-state index in [1.807, 2.05) is 6.07 Å². The minimum atomic E-state index is -0.664. The minimum Gasteiger partial charge on any atom is -0.348 e. The van der Waals surface area contributed by atoms with Crippen LogP contribution in [0.5, 0.6) is 0 Å². The van der Waals surface area contributed by atoms with E-state index in [0.717, 1.165) is 44.1 Å². The number of nitrogens with zero attached hydrogens (tertiary/aromatic N) is 2. The molecular formula is C23H32N4O3. The Balaban J connectivity index is 1.22. The number of hydrogen-bond donors (Lipinski definition) is 2. The Morgan fingerprint density at radius 1 is 0.967 bits per heavy atom. The van der Waals surface area contributed by atoms with Gasteiger partial charge in [-0.05, 0) is 69.3 Å². The van der Waals surface area contributed by atoms with Crippen molar-refractivity contribution in [2.75, 3.05) is 36.4 Å². The Hall–Kier alpha value is -2.41. The van der Waals surface area contributed by atoms with Gasteiger partial charge in [-0.3, -0.25) is 14.4 Å². The Morgan fingerprint density at radius 2 is 1.73 bits per heavy atom. The number of carbonyl (C=O) groups excluding carboxylic acids is 3. The molecule has 4 rings (SSSR count). The summed E-state index contributed by atoms with van der Waals surface area (Å²) in [5, 5.41) is 5.45. The van der Waals surface area contributed by atoms with Crippen molar-refractivity contribution in [3.05, 3.63) is 24.3 Å². The Bertz CT molecular complexity index is 782. The fourth-order valence-corrected chi connectivity index (χ4v) is 4.97. The maximum Gasteiger partial charge on any atom is 0.313 e. The third-order valence-electron chi connectivity index (χ3n) is 6.74. The summed E-state index contributed by atoms with van der Waals surface area (Å²) in [6.45, 7) is 3.43. The van der Waals surface area contributed by atoms with E-state index in [9.17, 15) is 14.4 Å². The number of rotatable bonds is 5. The van der Waals surface area contributed by atoms with Gasteiger partial charge < -0.3 is 20.4 Å². The zero-order chi connectivity index (χ0) is 20.9. The number of nitrogens with one attached hydrogen (secondary N) is 2. The van der Waals surface area contributed by atoms with Gasteiger partial charge >= 0.3 is 11.8 Å². The van der Waals surface area contributed by atoms with Crippen molar-refractivity contribution in [1.29, 1.82) is 0 Å². The molecule has 0 bridgehead atoms. The van der Waals surface area contributed by atoms with Crippen LogP contribution in [0.3, 0.4) is 0 Å². The second kappa shape index (κ2) is 9.60. The highest BCUT2D eigenvalue weighted by molar-refractivity contribution is 6.39. The molecule has 1 saturated carbocycles. The number of carbonyl (C=O) groups is 3. The van der Waals surface area contributed by atoms with Crippen LogP contribution < -0.4 is 15.5 Å². The number of amides is 3. The van der Waals surface area contributed by atoms with E-state index >= 15 is 0 Å². The molecule has 0 aromatic heterocycles. The number of likely N-dealkylation sites (tertiary alicyclic amines) is 1. The van der Waals surface area contributed by atoms with E-state index in [4.69, 9.17) is 0 Å². The highest BCUT2D eigenvalue weighted by Crippen LogP contribution is 2.28. The molecule has 7 heteroatoms. The standard InChI is InChI=1S/C23H32N4O3/c28-21-9-4-12-27(21)20-8-3-5-18(15-20)25-23(30)22(29)24-16-17-10-13-26(14-11-17)19-6-1-2-7-19/h3,5,8,15,17,19H,1-2,4,6-7,9-14,16H2,(H,24,29)(H,25,30). The zero-order valence-electron chi connectivity index (χ0n) is 17.6. The van der Waals surface area contributed by atoms with Gasteiger partial charge in [-0.2, -0.15) is 0 Å². The zero-order valence-corrected chi connectivity index (χ0v) is 17.6. The second-order valence-electron chi connectivity index (χ2n) is 8.78. The summed E-state index contributed by atoms with van der Waals surface area (Å²) >= 11 is 0. The van der Waals surface area contributed by atoms with Crippen LogP contribution in [-0.4, -0.2) is 54.8 Å². The first-order chi connectivity index (χ1) is 14.6. The molecule has 1 aromatic rings. The molecule has 162 valence electrons. The highest BCUT2D eigenvalue weighted by atomic mass is 16.2. The molecule has 0 radical (unpaired) electrons. The first-order valence-electron chi connectivity index (χ1n) is 11.3. The lowest BCUT2D eigenvalue weighted by molar-refractivity contribution is -0.136. The third kappa shape index (κ3) is 5.01. The van der Waals surface area contributed by atoms with E-state index in [1.165, 1.54) is 25.7 Å². The molecule has 3 aliphatic rings. The average Bonchev–Trinajstić information content (AvgIpc) is 3.44. The van der Waals surface area contributed by atoms with Crippen molar-refractivity contribution in [3.63, 3.8) is 0 Å². The van der Waals surface area contributed by atoms with Crippen molar-refractivity contribution < 1.29 is 14.4 Å². The van der Waals surface area contributed by atoms with Crippen LogP contribution in [-0.2, 0) is 14.4 Å². The summed E-state index contributed by atoms with van der Waals surface area (Å²) in [7, 11) is 0. The molecule has 2 heterocycles. The maximum atomic E-state index is 12.3. The molecule has 1 aromatic carbocycles. The minimum absolute atomic E-state index is 0.0928. The predicted molar refractivity (Wildman–Crippen MR) is 116 cm³/mol. The van der Waals surface area contributed by atoms with E-state index < -0.39 is 11.8 Å². The monoisotopic (exact) mass is 412 g/mol. The van der Waals surface area contributed by atoms with Gasteiger partial charge in [-0.15, -0.1) is 0 Å². The summed E-state index contributed by atoms with van der Waals surface area (Å²) in [6, 6.07) is 7.86. The number of hydrogen-bond acceptors (Lipinski definition) is 4. The molecule has 2 N–H and O–H groups in total. The van der Waals surface area contributed by atoms with Crippen LogP contribution in [0.2, 0.25) is 0 Å². The molecule has 3 fully saturated rings. The fourth-order valence-electron chi connectivity index (χ4n) is 4.97. The van der Waals surface area contributed by atoms with E-state index in [2.05, 4.69) is 15.5 Å². The summed E-state index contributed by atoms with van der Waals surface area (Å²) in [5.74, 6) is -0.738. The van der Waals surface area contributed by atoms with Gasteiger partial charge in [0.1, 0.15) is 0 Å². The van der Waals surface area contributed by atoms with Gasteiger partial charge in [0.05, 0.1) is 0 Å². The lowest BCUT2D eigenvalue weighted by Crippen LogP contribution is -2.44. The smallest absolute Gasteiger partial charge is 0.313 e. The molecular weight excluding hydrogens is 380 g/mol. The van der Waals surface area contributed by atoms with E-state index in [0.29, 0.717) is 31.1 Å². The predicted octanol–water partition coefficient (Wildman–Crippen LogP) is 2.52. The van der Waals surface area contributed by atoms with Crippen molar-refractivity contribution in [2.45, 2.75) is 57.4 Å². The molecule has 2 aliphatic heterocycles. The van der Waals surface area contributed by atoms with Crippen molar-refractivity contribution in [1.82, 2.24) is 10.2 Å². The molecule has 1 aliphatic carbocycles. The van der Waals surface area contributed by atoms with Crippen molar-refractivity contribution >= 4 is 29.1 Å². The van der Waals surface area contributed by atoms with E-state index in [-0.39, 0.29) is 5.91 Å². The number of benzene rings is 1. The van der Waals surface area contributed by atoms with Gasteiger partial charge in [-0.1, -0.05) is 18.9 Å². The highest BCUT2D eigenvalue weighted by Gasteiger charge is 2.27. The van der Waals surface area contributed by atoms with Gasteiger partial charge in [0.25, 0.3) is 0 Å². The summed E-state index contributed by atoms with van der Waals surface area (Å²) in [4.78, 5) is 40.8. The lowest BCUT2D eigenvalue weighted by Gasteiger charge is -2.36.